The molecule has 0 bridgehead atoms. The molecule has 0 aromatic carbocycles. The number of rotatable bonds is 3. The number of methoxy groups -OCH3 is 2. The number of hydrogen-bond acceptors (Lipinski definition) is 5. The second-order valence-corrected chi connectivity index (χ2v) is 3.92. The smallest absolute Gasteiger partial charge is 0.336 e. The molecule has 0 spiro atoms. The van der Waals surface area contributed by atoms with Crippen LogP contribution in [-0.4, -0.2) is 45.2 Å². The molecule has 1 rings (SSSR count). The van der Waals surface area contributed by atoms with Crippen molar-refractivity contribution in [2.24, 2.45) is 5.92 Å². The topological polar surface area (TPSA) is 56.8 Å². The molecule has 1 aliphatic rings. The maximum absolute atomic E-state index is 11.5. The molecule has 0 aromatic heterocycles. The third-order valence-electron chi connectivity index (χ3n) is 2.56. The Labute approximate surface area is 90.1 Å². The highest BCUT2D eigenvalue weighted by Gasteiger charge is 2.38. The summed E-state index contributed by atoms with van der Waals surface area (Å²) in [5.41, 5.74) is 0. The van der Waals surface area contributed by atoms with Crippen LogP contribution in [0.5, 0.6) is 0 Å². The van der Waals surface area contributed by atoms with Crippen molar-refractivity contribution >= 4 is 5.97 Å². The quantitative estimate of drug-likeness (QED) is 0.682. The summed E-state index contributed by atoms with van der Waals surface area (Å²) in [6.07, 6.45) is -0.974. The maximum atomic E-state index is 11.5. The van der Waals surface area contributed by atoms with E-state index in [-0.39, 0.29) is 18.3 Å². The van der Waals surface area contributed by atoms with Crippen molar-refractivity contribution in [3.8, 4) is 0 Å². The molecule has 1 heterocycles. The van der Waals surface area contributed by atoms with E-state index >= 15 is 0 Å². The Morgan fingerprint density at radius 2 is 2.13 bits per heavy atom. The van der Waals surface area contributed by atoms with Crippen LogP contribution in [0.25, 0.3) is 0 Å². The molecule has 0 saturated carbocycles. The van der Waals surface area contributed by atoms with Gasteiger partial charge in [0, 0.05) is 19.7 Å². The first-order valence-corrected chi connectivity index (χ1v) is 5.09. The van der Waals surface area contributed by atoms with E-state index in [2.05, 4.69) is 5.32 Å². The van der Waals surface area contributed by atoms with Crippen molar-refractivity contribution in [3.05, 3.63) is 0 Å². The average Bonchev–Trinajstić information content (AvgIpc) is 2.26. The summed E-state index contributed by atoms with van der Waals surface area (Å²) in [6.45, 7) is 4.65. The molecule has 15 heavy (non-hydrogen) atoms. The third kappa shape index (κ3) is 2.90. The van der Waals surface area contributed by atoms with E-state index in [1.165, 1.54) is 7.11 Å². The van der Waals surface area contributed by atoms with Gasteiger partial charge in [0.15, 0.2) is 12.4 Å². The van der Waals surface area contributed by atoms with Crippen molar-refractivity contribution in [3.63, 3.8) is 0 Å². The number of carbonyl (C=O) groups is 1. The monoisotopic (exact) mass is 217 g/mol. The van der Waals surface area contributed by atoms with Gasteiger partial charge >= 0.3 is 5.97 Å². The molecule has 5 nitrogen and oxygen atoms in total. The number of morpholine rings is 1. The van der Waals surface area contributed by atoms with Crippen molar-refractivity contribution in [2.45, 2.75) is 32.3 Å². The molecule has 0 aliphatic carbocycles. The zero-order valence-corrected chi connectivity index (χ0v) is 9.65. The molecule has 1 aliphatic heterocycles. The predicted octanol–water partition coefficient (Wildman–Crippen LogP) is 0.145. The van der Waals surface area contributed by atoms with Crippen LogP contribution < -0.4 is 5.32 Å². The van der Waals surface area contributed by atoms with Crippen molar-refractivity contribution in [1.82, 2.24) is 5.32 Å². The molecular weight excluding hydrogens is 198 g/mol. The van der Waals surface area contributed by atoms with Crippen LogP contribution in [0.1, 0.15) is 13.8 Å². The van der Waals surface area contributed by atoms with Crippen LogP contribution in [0.4, 0.5) is 0 Å². The van der Waals surface area contributed by atoms with Gasteiger partial charge in [0.25, 0.3) is 0 Å². The molecule has 1 fully saturated rings. The van der Waals surface area contributed by atoms with Crippen LogP contribution in [0.3, 0.4) is 0 Å². The van der Waals surface area contributed by atoms with E-state index in [1.54, 1.807) is 7.11 Å². The summed E-state index contributed by atoms with van der Waals surface area (Å²) in [4.78, 5) is 11.5. The Bertz CT molecular complexity index is 219. The second-order valence-electron chi connectivity index (χ2n) is 3.92. The highest BCUT2D eigenvalue weighted by atomic mass is 16.7. The van der Waals surface area contributed by atoms with Gasteiger partial charge in [-0.15, -0.1) is 0 Å². The van der Waals surface area contributed by atoms with Crippen molar-refractivity contribution in [2.75, 3.05) is 20.8 Å². The fourth-order valence-electron chi connectivity index (χ4n) is 1.68. The SMILES string of the molecule is COC(=O)[C@@H]1O[C@@H](OC)CN[C@@H]1C(C)C. The summed E-state index contributed by atoms with van der Waals surface area (Å²) in [5, 5.41) is 3.23. The van der Waals surface area contributed by atoms with Gasteiger partial charge in [0.1, 0.15) is 0 Å². The minimum absolute atomic E-state index is 0.0242. The van der Waals surface area contributed by atoms with Gasteiger partial charge in [0.2, 0.25) is 0 Å². The van der Waals surface area contributed by atoms with E-state index in [9.17, 15) is 4.79 Å². The van der Waals surface area contributed by atoms with Gasteiger partial charge in [-0.3, -0.25) is 0 Å². The van der Waals surface area contributed by atoms with Crippen molar-refractivity contribution < 1.29 is 19.0 Å². The summed E-state index contributed by atoms with van der Waals surface area (Å²) in [7, 11) is 2.91. The molecule has 5 heteroatoms. The second kappa shape index (κ2) is 5.44. The fraction of sp³-hybridized carbons (Fsp3) is 0.900. The fourth-order valence-corrected chi connectivity index (χ4v) is 1.68. The highest BCUT2D eigenvalue weighted by Crippen LogP contribution is 2.17. The van der Waals surface area contributed by atoms with Crippen LogP contribution in [0, 0.1) is 5.92 Å². The van der Waals surface area contributed by atoms with Gasteiger partial charge in [-0.25, -0.2) is 4.79 Å². The number of nitrogens with one attached hydrogen (secondary N) is 1. The van der Waals surface area contributed by atoms with Crippen LogP contribution in [0.2, 0.25) is 0 Å². The Hall–Kier alpha value is -0.650. The minimum atomic E-state index is -0.589. The van der Waals surface area contributed by atoms with Crippen molar-refractivity contribution in [1.29, 1.82) is 0 Å². The number of carbonyl (C=O) groups excluding carboxylic acids is 1. The van der Waals surface area contributed by atoms with E-state index in [1.807, 2.05) is 13.8 Å². The minimum Gasteiger partial charge on any atom is -0.467 e. The van der Waals surface area contributed by atoms with Crippen LogP contribution in [-0.2, 0) is 19.0 Å². The lowest BCUT2D eigenvalue weighted by atomic mass is 9.97. The molecule has 0 radical (unpaired) electrons. The Balaban J connectivity index is 2.68. The maximum Gasteiger partial charge on any atom is 0.336 e. The zero-order valence-electron chi connectivity index (χ0n) is 9.65. The van der Waals surface area contributed by atoms with E-state index < -0.39 is 6.10 Å². The third-order valence-corrected chi connectivity index (χ3v) is 2.56. The van der Waals surface area contributed by atoms with E-state index in [0.29, 0.717) is 12.5 Å². The highest BCUT2D eigenvalue weighted by molar-refractivity contribution is 5.75. The molecule has 0 amide bonds. The molecule has 0 aromatic rings. The summed E-state index contributed by atoms with van der Waals surface area (Å²) in [6, 6.07) is -0.0242. The average molecular weight is 217 g/mol. The summed E-state index contributed by atoms with van der Waals surface area (Å²) < 4.78 is 15.3. The molecule has 1 N–H and O–H groups in total. The first-order valence-electron chi connectivity index (χ1n) is 5.09. The number of esters is 1. The Kier molecular flexibility index (Phi) is 4.50. The first-order chi connectivity index (χ1) is 7.10. The van der Waals surface area contributed by atoms with Gasteiger partial charge < -0.3 is 19.5 Å². The van der Waals surface area contributed by atoms with E-state index in [4.69, 9.17) is 14.2 Å². The van der Waals surface area contributed by atoms with Gasteiger partial charge in [0.05, 0.1) is 7.11 Å². The molecule has 3 atom stereocenters. The Morgan fingerprint density at radius 1 is 1.47 bits per heavy atom. The largest absolute Gasteiger partial charge is 0.467 e. The Morgan fingerprint density at radius 3 is 2.60 bits per heavy atom. The molecular formula is C10H19NO4. The van der Waals surface area contributed by atoms with Gasteiger partial charge in [-0.1, -0.05) is 13.8 Å². The standard InChI is InChI=1S/C10H19NO4/c1-6(2)8-9(10(12)14-4)15-7(13-3)5-11-8/h6-9,11H,5H2,1-4H3/t7-,8-,9-/m1/s1. The predicted molar refractivity (Wildman–Crippen MR) is 54.3 cm³/mol. The molecule has 1 saturated heterocycles. The van der Waals surface area contributed by atoms with Gasteiger partial charge in [-0.2, -0.15) is 0 Å². The normalized spacial score (nSPS) is 31.7. The number of ether oxygens (including phenoxy) is 3. The zero-order chi connectivity index (χ0) is 11.4. The first kappa shape index (κ1) is 12.4. The van der Waals surface area contributed by atoms with Crippen LogP contribution >= 0.6 is 0 Å². The molecule has 0 unspecified atom stereocenters. The number of hydrogen-bond donors (Lipinski definition) is 1. The summed E-state index contributed by atoms with van der Waals surface area (Å²) >= 11 is 0. The lowest BCUT2D eigenvalue weighted by Gasteiger charge is -2.37. The van der Waals surface area contributed by atoms with Gasteiger partial charge in [-0.05, 0) is 5.92 Å². The summed E-state index contributed by atoms with van der Waals surface area (Å²) in [5.74, 6) is -0.0603. The lowest BCUT2D eigenvalue weighted by Crippen LogP contribution is -2.58. The molecule has 88 valence electrons. The lowest BCUT2D eigenvalue weighted by molar-refractivity contribution is -0.204. The van der Waals surface area contributed by atoms with Crippen LogP contribution in [0.15, 0.2) is 0 Å². The van der Waals surface area contributed by atoms with E-state index in [0.717, 1.165) is 0 Å².